The fourth-order valence-electron chi connectivity index (χ4n) is 1.07. The molecule has 2 saturated heterocycles. The minimum absolute atomic E-state index is 0.455. The zero-order chi connectivity index (χ0) is 8.28. The lowest BCUT2D eigenvalue weighted by Gasteiger charge is -2.16. The highest BCUT2D eigenvalue weighted by atomic mass is 31.2. The fourth-order valence-corrected chi connectivity index (χ4v) is 3.02. The highest BCUT2D eigenvalue weighted by molar-refractivity contribution is 7.70. The highest BCUT2D eigenvalue weighted by Gasteiger charge is 2.84. The maximum absolute atomic E-state index is 11.0. The zero-order valence-corrected chi connectivity index (χ0v) is 6.13. The van der Waals surface area contributed by atoms with Gasteiger partial charge in [-0.25, -0.2) is 9.88 Å². The fraction of sp³-hybridized carbons (Fsp3) is 0.500. The highest BCUT2D eigenvalue weighted by Crippen LogP contribution is 2.80. The van der Waals surface area contributed by atoms with Crippen LogP contribution in [0.1, 0.15) is 6.42 Å². The molecule has 1 unspecified atom stereocenters. The maximum Gasteiger partial charge on any atom is 0.352 e. The number of carbonyl (C=O) groups excluding carboxylic acids is 1. The maximum atomic E-state index is 11.0. The Balaban J connectivity index is 2.21. The van der Waals surface area contributed by atoms with E-state index in [-0.39, 0.29) is 0 Å². The predicted molar refractivity (Wildman–Crippen MR) is 31.8 cm³/mol. The molecule has 2 aliphatic heterocycles. The van der Waals surface area contributed by atoms with Gasteiger partial charge in [0.1, 0.15) is 0 Å². The smallest absolute Gasteiger partial charge is 0.352 e. The standard InChI is InChI=1S/C4H4NO5P/c6-2(7)1-4-3(8)10-11(4,9)5-4/h1H2,(H,5,9)(H,6,7)/t4-,11?/m1/s1. The van der Waals surface area contributed by atoms with E-state index in [9.17, 15) is 14.2 Å². The number of aliphatic carboxylic acids is 1. The average Bonchev–Trinajstić information content (AvgIpc) is 2.29. The van der Waals surface area contributed by atoms with Gasteiger partial charge in [-0.1, -0.05) is 0 Å². The number of carbonyl (C=O) groups is 2. The summed E-state index contributed by atoms with van der Waals surface area (Å²) in [4.78, 5) is 20.8. The molecule has 0 amide bonds. The minimum atomic E-state index is -3.02. The van der Waals surface area contributed by atoms with E-state index in [0.717, 1.165) is 0 Å². The Labute approximate surface area is 61.0 Å². The van der Waals surface area contributed by atoms with Gasteiger partial charge in [-0.2, -0.15) is 0 Å². The Kier molecular flexibility index (Phi) is 0.923. The molecule has 11 heavy (non-hydrogen) atoms. The molecule has 7 heteroatoms. The second-order valence-corrected chi connectivity index (χ2v) is 4.75. The van der Waals surface area contributed by atoms with E-state index in [1.807, 2.05) is 0 Å². The molecular formula is C4H4NO5P. The first kappa shape index (κ1) is 6.82. The minimum Gasteiger partial charge on any atom is -0.481 e. The van der Waals surface area contributed by atoms with Crippen LogP contribution in [0.2, 0.25) is 0 Å². The van der Waals surface area contributed by atoms with E-state index in [2.05, 4.69) is 9.61 Å². The number of carboxylic acid groups (broad SMARTS) is 1. The van der Waals surface area contributed by atoms with Crippen LogP contribution in [0.25, 0.3) is 0 Å². The van der Waals surface area contributed by atoms with Crippen LogP contribution in [-0.2, 0) is 18.7 Å². The molecule has 2 N–H and O–H groups in total. The lowest BCUT2D eigenvalue weighted by Crippen LogP contribution is -2.36. The molecule has 2 atom stereocenters. The number of rotatable bonds is 2. The number of nitrogens with one attached hydrogen (secondary N) is 1. The van der Waals surface area contributed by atoms with Gasteiger partial charge in [0.15, 0.2) is 0 Å². The Hall–Kier alpha value is -0.870. The summed E-state index contributed by atoms with van der Waals surface area (Å²) in [6.45, 7) is 0. The van der Waals surface area contributed by atoms with Gasteiger partial charge in [-0.15, -0.1) is 0 Å². The van der Waals surface area contributed by atoms with Crippen LogP contribution in [0, 0.1) is 0 Å². The van der Waals surface area contributed by atoms with Crippen molar-refractivity contribution in [1.29, 1.82) is 0 Å². The second kappa shape index (κ2) is 1.49. The number of hydrogen-bond acceptors (Lipinski definition) is 4. The van der Waals surface area contributed by atoms with Crippen LogP contribution in [0.15, 0.2) is 0 Å². The Morgan fingerprint density at radius 2 is 2.45 bits per heavy atom. The van der Waals surface area contributed by atoms with Crippen molar-refractivity contribution in [1.82, 2.24) is 5.09 Å². The first-order valence-electron chi connectivity index (χ1n) is 2.86. The lowest BCUT2D eigenvalue weighted by molar-refractivity contribution is -0.146. The molecule has 0 radical (unpaired) electrons. The zero-order valence-electron chi connectivity index (χ0n) is 5.23. The molecule has 0 aliphatic carbocycles. The molecule has 2 heterocycles. The van der Waals surface area contributed by atoms with Crippen molar-refractivity contribution in [2.24, 2.45) is 0 Å². The van der Waals surface area contributed by atoms with Crippen LogP contribution in [0.4, 0.5) is 0 Å². The Morgan fingerprint density at radius 3 is 2.64 bits per heavy atom. The van der Waals surface area contributed by atoms with E-state index in [1.54, 1.807) is 0 Å². The van der Waals surface area contributed by atoms with Crippen molar-refractivity contribution in [3.05, 3.63) is 0 Å². The van der Waals surface area contributed by atoms with Crippen molar-refractivity contribution in [3.8, 4) is 0 Å². The van der Waals surface area contributed by atoms with Crippen molar-refractivity contribution >= 4 is 19.5 Å². The summed E-state index contributed by atoms with van der Waals surface area (Å²) < 4.78 is 15.2. The molecule has 0 aromatic heterocycles. The summed E-state index contributed by atoms with van der Waals surface area (Å²) in [6, 6.07) is 0. The van der Waals surface area contributed by atoms with Crippen LogP contribution >= 0.6 is 7.52 Å². The van der Waals surface area contributed by atoms with Gasteiger partial charge in [0.2, 0.25) is 5.28 Å². The van der Waals surface area contributed by atoms with Gasteiger partial charge >= 0.3 is 19.5 Å². The van der Waals surface area contributed by atoms with Crippen LogP contribution in [-0.4, -0.2) is 22.3 Å². The third-order valence-electron chi connectivity index (χ3n) is 1.74. The predicted octanol–water partition coefficient (Wildman–Crippen LogP) is -0.489. The van der Waals surface area contributed by atoms with Gasteiger partial charge < -0.3 is 9.63 Å². The van der Waals surface area contributed by atoms with Gasteiger partial charge in [-0.3, -0.25) is 9.36 Å². The van der Waals surface area contributed by atoms with Crippen LogP contribution in [0.3, 0.4) is 0 Å². The Morgan fingerprint density at radius 1 is 1.82 bits per heavy atom. The van der Waals surface area contributed by atoms with E-state index >= 15 is 0 Å². The lowest BCUT2D eigenvalue weighted by atomic mass is 10.2. The third kappa shape index (κ3) is 0.587. The van der Waals surface area contributed by atoms with Crippen molar-refractivity contribution in [2.45, 2.75) is 11.7 Å². The molecule has 0 aromatic carbocycles. The number of fused-ring (bicyclic) bond motifs is 1. The van der Waals surface area contributed by atoms with Gasteiger partial charge in [-0.05, 0) is 0 Å². The summed E-state index contributed by atoms with van der Waals surface area (Å²) in [5.74, 6) is -1.88. The molecule has 2 fully saturated rings. The molecule has 60 valence electrons. The molecule has 2 aliphatic rings. The van der Waals surface area contributed by atoms with Crippen molar-refractivity contribution < 1.29 is 23.8 Å². The van der Waals surface area contributed by atoms with Gasteiger partial charge in [0.05, 0.1) is 6.42 Å². The summed E-state index contributed by atoms with van der Waals surface area (Å²) in [5, 5.41) is 9.24. The topological polar surface area (TPSA) is 103 Å². The van der Waals surface area contributed by atoms with Gasteiger partial charge in [0.25, 0.3) is 0 Å². The summed E-state index contributed by atoms with van der Waals surface area (Å²) in [5.41, 5.74) is 0. The Bertz CT molecular complexity index is 312. The second-order valence-electron chi connectivity index (χ2n) is 2.47. The van der Waals surface area contributed by atoms with E-state index in [0.29, 0.717) is 0 Å². The van der Waals surface area contributed by atoms with Crippen molar-refractivity contribution in [3.63, 3.8) is 0 Å². The summed E-state index contributed by atoms with van der Waals surface area (Å²) in [7, 11) is -3.02. The third-order valence-corrected chi connectivity index (χ3v) is 4.07. The molecular weight excluding hydrogens is 173 g/mol. The van der Waals surface area contributed by atoms with Gasteiger partial charge in [0, 0.05) is 0 Å². The van der Waals surface area contributed by atoms with Crippen molar-refractivity contribution in [2.75, 3.05) is 0 Å². The van der Waals surface area contributed by atoms with Crippen LogP contribution in [0.5, 0.6) is 0 Å². The first-order valence-corrected chi connectivity index (χ1v) is 4.48. The molecule has 0 spiro atoms. The molecule has 0 saturated carbocycles. The number of hydrogen-bond donors (Lipinski definition) is 2. The molecule has 2 rings (SSSR count). The SMILES string of the molecule is O=C(O)C[C@@]12NP1(=O)OC2=O. The summed E-state index contributed by atoms with van der Waals surface area (Å²) in [6.07, 6.45) is -0.455. The molecule has 6 nitrogen and oxygen atoms in total. The average molecular weight is 177 g/mol. The molecule has 0 bridgehead atoms. The molecule has 0 aromatic rings. The van der Waals surface area contributed by atoms with E-state index in [1.165, 1.54) is 0 Å². The largest absolute Gasteiger partial charge is 0.481 e. The normalized spacial score (nSPS) is 45.3. The quantitative estimate of drug-likeness (QED) is 0.435. The monoisotopic (exact) mass is 177 g/mol. The van der Waals surface area contributed by atoms with E-state index in [4.69, 9.17) is 5.11 Å². The number of carboxylic acids is 1. The van der Waals surface area contributed by atoms with E-state index < -0.39 is 31.2 Å². The van der Waals surface area contributed by atoms with Crippen LogP contribution < -0.4 is 5.09 Å². The summed E-state index contributed by atoms with van der Waals surface area (Å²) >= 11 is 0. The first-order chi connectivity index (χ1) is 5.00.